The summed E-state index contributed by atoms with van der Waals surface area (Å²) in [5.41, 5.74) is 2.16. The number of carbonyl (C=O) groups excluding carboxylic acids is 2. The van der Waals surface area contributed by atoms with Crippen LogP contribution >= 0.6 is 0 Å². The Balaban J connectivity index is 1.87. The number of rotatable bonds is 8. The normalized spacial score (nSPS) is 20.2. The highest BCUT2D eigenvalue weighted by Crippen LogP contribution is 2.48. The van der Waals surface area contributed by atoms with Gasteiger partial charge in [0, 0.05) is 38.3 Å². The van der Waals surface area contributed by atoms with Crippen LogP contribution in [0.4, 0.5) is 0 Å². The Bertz CT molecular complexity index is 1070. The third-order valence-electron chi connectivity index (χ3n) is 7.33. The molecule has 1 saturated heterocycles. The molecule has 36 heavy (non-hydrogen) atoms. The number of piperazine rings is 1. The third kappa shape index (κ3) is 4.62. The molecule has 2 aliphatic heterocycles. The molecular weight excluding hydrogens is 458 g/mol. The molecule has 0 radical (unpaired) electrons. The highest BCUT2D eigenvalue weighted by atomic mass is 16.5. The van der Waals surface area contributed by atoms with Gasteiger partial charge in [-0.1, -0.05) is 32.0 Å². The van der Waals surface area contributed by atoms with Crippen LogP contribution in [0.25, 0.3) is 0 Å². The van der Waals surface area contributed by atoms with E-state index in [1.165, 1.54) is 0 Å². The molecule has 0 bridgehead atoms. The summed E-state index contributed by atoms with van der Waals surface area (Å²) >= 11 is 0. The second-order valence-electron chi connectivity index (χ2n) is 9.23. The van der Waals surface area contributed by atoms with Crippen LogP contribution in [0.15, 0.2) is 36.4 Å². The molecule has 194 valence electrons. The number of carbonyl (C=O) groups is 2. The molecule has 2 aromatic rings. The topological polar surface area (TPSA) is 71.6 Å². The molecule has 2 aliphatic rings. The predicted octanol–water partition coefficient (Wildman–Crippen LogP) is 3.57. The van der Waals surface area contributed by atoms with E-state index in [9.17, 15) is 9.59 Å². The second kappa shape index (κ2) is 11.2. The molecule has 0 N–H and O–H groups in total. The molecule has 2 amide bonds. The number of amides is 2. The highest BCUT2D eigenvalue weighted by molar-refractivity contribution is 6.01. The van der Waals surface area contributed by atoms with Crippen molar-refractivity contribution in [1.82, 2.24) is 14.7 Å². The quantitative estimate of drug-likeness (QED) is 0.558. The lowest BCUT2D eigenvalue weighted by Gasteiger charge is -2.44. The number of hydrogen-bond acceptors (Lipinski definition) is 6. The lowest BCUT2D eigenvalue weighted by Crippen LogP contribution is -2.53. The van der Waals surface area contributed by atoms with Gasteiger partial charge in [-0.2, -0.15) is 0 Å². The maximum atomic E-state index is 14.3. The molecular formula is C28H37N3O5. The molecule has 0 unspecified atom stereocenters. The summed E-state index contributed by atoms with van der Waals surface area (Å²) in [6.45, 7) is 8.74. The SMILES string of the molecule is CCCN1C(=O)c2ccccc2[C@@H](C(=O)N2CCN(CC)CC2)[C@H]1c1cc(OC)c(OC)c(OC)c1. The lowest BCUT2D eigenvalue weighted by molar-refractivity contribution is -0.136. The van der Waals surface area contributed by atoms with Crippen molar-refractivity contribution < 1.29 is 23.8 Å². The monoisotopic (exact) mass is 495 g/mol. The van der Waals surface area contributed by atoms with Crippen LogP contribution < -0.4 is 14.2 Å². The van der Waals surface area contributed by atoms with E-state index in [0.29, 0.717) is 42.4 Å². The molecule has 0 saturated carbocycles. The van der Waals surface area contributed by atoms with Crippen molar-refractivity contribution in [2.24, 2.45) is 0 Å². The fraction of sp³-hybridized carbons (Fsp3) is 0.500. The zero-order chi connectivity index (χ0) is 25.8. The maximum absolute atomic E-state index is 14.3. The number of hydrogen-bond donors (Lipinski definition) is 0. The molecule has 0 aliphatic carbocycles. The molecule has 2 atom stereocenters. The predicted molar refractivity (Wildman–Crippen MR) is 138 cm³/mol. The lowest BCUT2D eigenvalue weighted by atomic mass is 9.78. The number of methoxy groups -OCH3 is 3. The van der Waals surface area contributed by atoms with Crippen LogP contribution in [-0.4, -0.2) is 87.1 Å². The number of likely N-dealkylation sites (N-methyl/N-ethyl adjacent to an activating group) is 1. The molecule has 8 heteroatoms. The van der Waals surface area contributed by atoms with E-state index in [1.807, 2.05) is 53.1 Å². The molecule has 8 nitrogen and oxygen atoms in total. The average molecular weight is 496 g/mol. The smallest absolute Gasteiger partial charge is 0.254 e. The Morgan fingerprint density at radius 3 is 2.14 bits per heavy atom. The van der Waals surface area contributed by atoms with Crippen LogP contribution in [-0.2, 0) is 4.79 Å². The van der Waals surface area contributed by atoms with Crippen molar-refractivity contribution in [1.29, 1.82) is 0 Å². The van der Waals surface area contributed by atoms with Crippen LogP contribution in [0.3, 0.4) is 0 Å². The fourth-order valence-corrected chi connectivity index (χ4v) is 5.47. The molecule has 1 fully saturated rings. The molecule has 0 aromatic heterocycles. The average Bonchev–Trinajstić information content (AvgIpc) is 2.93. The Morgan fingerprint density at radius 1 is 0.944 bits per heavy atom. The largest absolute Gasteiger partial charge is 0.493 e. The molecule has 0 spiro atoms. The van der Waals surface area contributed by atoms with Crippen LogP contribution in [0.5, 0.6) is 17.2 Å². The maximum Gasteiger partial charge on any atom is 0.254 e. The Hall–Kier alpha value is -3.26. The third-order valence-corrected chi connectivity index (χ3v) is 7.33. The summed E-state index contributed by atoms with van der Waals surface area (Å²) in [4.78, 5) is 34.2. The van der Waals surface area contributed by atoms with Gasteiger partial charge in [-0.15, -0.1) is 0 Å². The summed E-state index contributed by atoms with van der Waals surface area (Å²) < 4.78 is 16.8. The van der Waals surface area contributed by atoms with Gasteiger partial charge in [0.25, 0.3) is 5.91 Å². The summed E-state index contributed by atoms with van der Waals surface area (Å²) in [5, 5.41) is 0. The van der Waals surface area contributed by atoms with E-state index in [-0.39, 0.29) is 11.8 Å². The van der Waals surface area contributed by atoms with Gasteiger partial charge in [0.15, 0.2) is 11.5 Å². The Kier molecular flexibility index (Phi) is 8.04. The number of benzene rings is 2. The van der Waals surface area contributed by atoms with Crippen LogP contribution in [0.2, 0.25) is 0 Å². The van der Waals surface area contributed by atoms with Gasteiger partial charge in [0.2, 0.25) is 11.7 Å². The minimum Gasteiger partial charge on any atom is -0.493 e. The van der Waals surface area contributed by atoms with Gasteiger partial charge in [-0.3, -0.25) is 9.59 Å². The van der Waals surface area contributed by atoms with Gasteiger partial charge in [-0.05, 0) is 42.3 Å². The van der Waals surface area contributed by atoms with E-state index in [4.69, 9.17) is 14.2 Å². The first kappa shape index (κ1) is 25.8. The second-order valence-corrected chi connectivity index (χ2v) is 9.23. The zero-order valence-corrected chi connectivity index (χ0v) is 22.0. The van der Waals surface area contributed by atoms with Gasteiger partial charge >= 0.3 is 0 Å². The standard InChI is InChI=1S/C28H37N3O5/c1-6-12-31-25(19-17-22(34-3)26(36-5)23(18-19)35-4)24(20-10-8-9-11-21(20)27(31)32)28(33)30-15-13-29(7-2)14-16-30/h8-11,17-18,24-25H,6-7,12-16H2,1-5H3/t24-,25-/m1/s1. The minimum atomic E-state index is -0.540. The van der Waals surface area contributed by atoms with Gasteiger partial charge in [0.1, 0.15) is 0 Å². The van der Waals surface area contributed by atoms with Crippen LogP contribution in [0.1, 0.15) is 53.7 Å². The summed E-state index contributed by atoms with van der Waals surface area (Å²) in [7, 11) is 4.70. The Labute approximate surface area is 213 Å². The van der Waals surface area contributed by atoms with E-state index in [2.05, 4.69) is 11.8 Å². The van der Waals surface area contributed by atoms with E-state index in [1.54, 1.807) is 21.3 Å². The van der Waals surface area contributed by atoms with Crippen molar-refractivity contribution in [3.8, 4) is 17.2 Å². The number of ether oxygens (including phenoxy) is 3. The summed E-state index contributed by atoms with van der Waals surface area (Å²) in [5.74, 6) is 0.916. The van der Waals surface area contributed by atoms with Crippen molar-refractivity contribution in [3.05, 3.63) is 53.1 Å². The van der Waals surface area contributed by atoms with Gasteiger partial charge < -0.3 is 28.9 Å². The zero-order valence-electron chi connectivity index (χ0n) is 22.0. The van der Waals surface area contributed by atoms with Gasteiger partial charge in [-0.25, -0.2) is 0 Å². The Morgan fingerprint density at radius 2 is 1.58 bits per heavy atom. The molecule has 2 aromatic carbocycles. The number of nitrogens with zero attached hydrogens (tertiary/aromatic N) is 3. The first-order valence-electron chi connectivity index (χ1n) is 12.7. The highest BCUT2D eigenvalue weighted by Gasteiger charge is 2.46. The van der Waals surface area contributed by atoms with Gasteiger partial charge in [0.05, 0.1) is 33.3 Å². The molecule has 4 rings (SSSR count). The minimum absolute atomic E-state index is 0.0468. The van der Waals surface area contributed by atoms with Crippen molar-refractivity contribution in [3.63, 3.8) is 0 Å². The fourth-order valence-electron chi connectivity index (χ4n) is 5.47. The van der Waals surface area contributed by atoms with E-state index >= 15 is 0 Å². The van der Waals surface area contributed by atoms with Crippen molar-refractivity contribution >= 4 is 11.8 Å². The number of fused-ring (bicyclic) bond motifs is 1. The van der Waals surface area contributed by atoms with E-state index in [0.717, 1.165) is 37.2 Å². The molecule has 2 heterocycles. The summed E-state index contributed by atoms with van der Waals surface area (Å²) in [6.07, 6.45) is 0.769. The van der Waals surface area contributed by atoms with Crippen LogP contribution in [0, 0.1) is 0 Å². The first-order chi connectivity index (χ1) is 17.5. The van der Waals surface area contributed by atoms with E-state index < -0.39 is 12.0 Å². The summed E-state index contributed by atoms with van der Waals surface area (Å²) in [6, 6.07) is 10.8. The van der Waals surface area contributed by atoms with Crippen molar-refractivity contribution in [2.45, 2.75) is 32.2 Å². The van der Waals surface area contributed by atoms with Crippen molar-refractivity contribution in [2.75, 3.05) is 60.6 Å². The first-order valence-corrected chi connectivity index (χ1v) is 12.7.